The molecule has 4 fully saturated rings. The molecule has 8 unspecified atom stereocenters. The molecule has 0 aromatic rings. The molecule has 0 spiro atoms. The minimum Gasteiger partial charge on any atom is -0.719 e. The van der Waals surface area contributed by atoms with Crippen LogP contribution in [0.4, 0.5) is 0 Å². The van der Waals surface area contributed by atoms with E-state index in [1.54, 1.807) is 10.8 Å². The minimum atomic E-state index is 0. The third kappa shape index (κ3) is 4.01. The van der Waals surface area contributed by atoms with Gasteiger partial charge in [-0.15, -0.1) is 11.7 Å². The Morgan fingerprint density at radius 1 is 0.840 bits per heavy atom. The molecular formula is C16H25KS8. The van der Waals surface area contributed by atoms with Gasteiger partial charge in [-0.3, -0.25) is 0 Å². The van der Waals surface area contributed by atoms with Crippen molar-refractivity contribution in [2.24, 2.45) is 41.4 Å². The van der Waals surface area contributed by atoms with E-state index in [0.29, 0.717) is 0 Å². The zero-order valence-corrected chi connectivity index (χ0v) is 24.8. The van der Waals surface area contributed by atoms with Crippen molar-refractivity contribution < 1.29 is 51.4 Å². The first kappa shape index (κ1) is 24.1. The van der Waals surface area contributed by atoms with Crippen LogP contribution in [0.1, 0.15) is 19.8 Å². The summed E-state index contributed by atoms with van der Waals surface area (Å²) in [6.07, 6.45) is 7.39. The maximum atomic E-state index is 5.53. The Morgan fingerprint density at radius 2 is 1.52 bits per heavy atom. The van der Waals surface area contributed by atoms with Gasteiger partial charge in [-0.2, -0.15) is 0 Å². The number of hydrogen-bond acceptors (Lipinski definition) is 8. The first-order valence-electron chi connectivity index (χ1n) is 8.65. The van der Waals surface area contributed by atoms with Gasteiger partial charge >= 0.3 is 51.4 Å². The molecular weight excluding hydrogens is 488 g/mol. The summed E-state index contributed by atoms with van der Waals surface area (Å²) >= 11 is 10.2. The van der Waals surface area contributed by atoms with Crippen LogP contribution in [-0.2, 0) is 11.7 Å². The fraction of sp³-hybridized carbons (Fsp3) is 1.00. The van der Waals surface area contributed by atoms with E-state index >= 15 is 0 Å². The van der Waals surface area contributed by atoms with Crippen LogP contribution in [0.2, 0.25) is 0 Å². The molecule has 4 aliphatic carbocycles. The van der Waals surface area contributed by atoms with Crippen molar-refractivity contribution in [2.75, 3.05) is 12.5 Å². The van der Waals surface area contributed by atoms with Crippen LogP contribution < -0.4 is 51.4 Å². The summed E-state index contributed by atoms with van der Waals surface area (Å²) in [6.45, 7) is 2.53. The van der Waals surface area contributed by atoms with E-state index in [0.717, 1.165) is 62.4 Å². The molecule has 0 radical (unpaired) electrons. The minimum absolute atomic E-state index is 0. The first-order chi connectivity index (χ1) is 11.7. The van der Waals surface area contributed by atoms with Crippen molar-refractivity contribution in [3.05, 3.63) is 0 Å². The quantitative estimate of drug-likeness (QED) is 0.247. The van der Waals surface area contributed by atoms with Gasteiger partial charge in [0.05, 0.1) is 0 Å². The van der Waals surface area contributed by atoms with Crippen LogP contribution in [0.3, 0.4) is 0 Å². The van der Waals surface area contributed by atoms with Crippen molar-refractivity contribution in [3.8, 4) is 0 Å². The zero-order chi connectivity index (χ0) is 17.0. The predicted octanol–water partition coefficient (Wildman–Crippen LogP) is 3.43. The fourth-order valence-corrected chi connectivity index (χ4v) is 16.1. The molecule has 2 bridgehead atoms. The molecule has 138 valence electrons. The van der Waals surface area contributed by atoms with Crippen LogP contribution in [-0.4, -0.2) is 33.5 Å². The molecule has 0 aromatic carbocycles. The number of hydrogen-bond donors (Lipinski definition) is 1. The standard InChI is InChI=1S/C16H26S8.K/c1-6-11-7(5-10(23-19-2)14(6)21-17)12-8-4-9(13(11)12)15(22-18)16(8)24-20-3;/h6-18H,4-5H2,1-3H3;/q;+1/p-1/t6-,7?,8?,9?,10?,11?,12-,13-,14?,15?,16?;/m0./s1. The molecule has 0 saturated heterocycles. The van der Waals surface area contributed by atoms with E-state index in [2.05, 4.69) is 52.7 Å². The van der Waals surface area contributed by atoms with Gasteiger partial charge in [-0.05, 0) is 72.0 Å². The summed E-state index contributed by atoms with van der Waals surface area (Å²) in [5.41, 5.74) is 0. The fourth-order valence-electron chi connectivity index (χ4n) is 6.69. The number of fused-ring (bicyclic) bond motifs is 8. The van der Waals surface area contributed by atoms with Gasteiger partial charge < -0.3 is 22.5 Å². The molecule has 4 saturated carbocycles. The molecule has 0 N–H and O–H groups in total. The van der Waals surface area contributed by atoms with Gasteiger partial charge in [0.1, 0.15) is 0 Å². The molecule has 0 nitrogen and oxygen atoms in total. The average Bonchev–Trinajstić information content (AvgIpc) is 3.04. The maximum Gasteiger partial charge on any atom is 1.00 e. The second-order valence-corrected chi connectivity index (χ2v) is 15.8. The van der Waals surface area contributed by atoms with Crippen LogP contribution >= 0.6 is 76.4 Å². The Balaban J connectivity index is 0.00000182. The molecule has 0 aliphatic heterocycles. The topological polar surface area (TPSA) is 0 Å². The van der Waals surface area contributed by atoms with E-state index in [1.807, 2.05) is 32.4 Å². The van der Waals surface area contributed by atoms with Crippen molar-refractivity contribution in [1.29, 1.82) is 0 Å². The van der Waals surface area contributed by atoms with Gasteiger partial charge in [0.2, 0.25) is 0 Å². The van der Waals surface area contributed by atoms with E-state index < -0.39 is 0 Å². The molecule has 4 rings (SSSR count). The molecule has 25 heavy (non-hydrogen) atoms. The SMILES string of the molecule is CSSC1CC2C([C@H](C)C1SS)[C@@H]1C3CC(C(SSC)C3S[S-])[C@H]21.[K+]. The van der Waals surface area contributed by atoms with Gasteiger partial charge in [0.15, 0.2) is 0 Å². The molecule has 9 heteroatoms. The molecule has 0 aromatic heterocycles. The van der Waals surface area contributed by atoms with E-state index in [9.17, 15) is 0 Å². The predicted molar refractivity (Wildman–Crippen MR) is 128 cm³/mol. The Kier molecular flexibility index (Phi) is 9.99. The second-order valence-electron chi connectivity index (χ2n) is 7.71. The molecule has 4 aliphatic rings. The van der Waals surface area contributed by atoms with Crippen molar-refractivity contribution >= 4 is 88.1 Å². The van der Waals surface area contributed by atoms with Gasteiger partial charge in [-0.25, -0.2) is 0 Å². The largest absolute Gasteiger partial charge is 1.00 e. The van der Waals surface area contributed by atoms with Crippen LogP contribution in [0.15, 0.2) is 0 Å². The molecule has 0 amide bonds. The Labute approximate surface area is 230 Å². The summed E-state index contributed by atoms with van der Waals surface area (Å²) in [7, 11) is 11.8. The Morgan fingerprint density at radius 3 is 2.12 bits per heavy atom. The molecule has 11 atom stereocenters. The number of thiol groups is 1. The molecule has 0 heterocycles. The van der Waals surface area contributed by atoms with Gasteiger partial charge in [-0.1, -0.05) is 60.9 Å². The third-order valence-corrected chi connectivity index (χ3v) is 15.4. The zero-order valence-electron chi connectivity index (χ0n) is 15.1. The van der Waals surface area contributed by atoms with E-state index in [1.165, 1.54) is 12.8 Å². The summed E-state index contributed by atoms with van der Waals surface area (Å²) in [6, 6.07) is 0. The Bertz CT molecular complexity index is 465. The van der Waals surface area contributed by atoms with Crippen LogP contribution in [0.5, 0.6) is 0 Å². The van der Waals surface area contributed by atoms with Gasteiger partial charge in [0.25, 0.3) is 0 Å². The maximum absolute atomic E-state index is 5.53. The second kappa shape index (κ2) is 10.4. The van der Waals surface area contributed by atoms with Crippen molar-refractivity contribution in [3.63, 3.8) is 0 Å². The van der Waals surface area contributed by atoms with Crippen LogP contribution in [0, 0.1) is 41.4 Å². The summed E-state index contributed by atoms with van der Waals surface area (Å²) in [4.78, 5) is 0. The normalized spacial score (nSPS) is 52.9. The summed E-state index contributed by atoms with van der Waals surface area (Å²) in [5.74, 6) is 6.62. The first-order valence-corrected chi connectivity index (χ1v) is 17.6. The third-order valence-electron chi connectivity index (χ3n) is 7.23. The van der Waals surface area contributed by atoms with Crippen LogP contribution in [0.25, 0.3) is 0 Å². The summed E-state index contributed by atoms with van der Waals surface area (Å²) < 4.78 is 0. The van der Waals surface area contributed by atoms with Crippen molar-refractivity contribution in [2.45, 2.75) is 40.8 Å². The summed E-state index contributed by atoms with van der Waals surface area (Å²) in [5, 5.41) is 3.05. The van der Waals surface area contributed by atoms with E-state index in [-0.39, 0.29) is 51.4 Å². The van der Waals surface area contributed by atoms with Gasteiger partial charge in [0, 0.05) is 15.7 Å². The Hall–Kier alpha value is 4.44. The van der Waals surface area contributed by atoms with E-state index in [4.69, 9.17) is 11.7 Å². The average molecular weight is 513 g/mol. The monoisotopic (exact) mass is 512 g/mol. The smallest absolute Gasteiger partial charge is 0.719 e. The number of rotatable bonds is 6. The van der Waals surface area contributed by atoms with Crippen molar-refractivity contribution in [1.82, 2.24) is 0 Å².